The molecule has 3 rings (SSSR count). The lowest BCUT2D eigenvalue weighted by atomic mass is 9.89. The molecule has 3 atom stereocenters. The van der Waals surface area contributed by atoms with Crippen molar-refractivity contribution >= 4 is 0 Å². The van der Waals surface area contributed by atoms with E-state index in [4.69, 9.17) is 4.74 Å². The molecule has 1 aliphatic carbocycles. The second-order valence-corrected chi connectivity index (χ2v) is 6.36. The Kier molecular flexibility index (Phi) is 3.27. The third-order valence-corrected chi connectivity index (χ3v) is 4.35. The van der Waals surface area contributed by atoms with Gasteiger partial charge in [-0.15, -0.1) is 0 Å². The molecular weight excluding hydrogens is 238 g/mol. The minimum atomic E-state index is -0.230. The summed E-state index contributed by atoms with van der Waals surface area (Å²) in [5.41, 5.74) is 1.01. The third-order valence-electron chi connectivity index (χ3n) is 4.35. The van der Waals surface area contributed by atoms with E-state index in [1.165, 1.54) is 5.56 Å². The minimum absolute atomic E-state index is 0.146. The minimum Gasteiger partial charge on any atom is -0.486 e. The monoisotopic (exact) mass is 261 g/mol. The smallest absolute Gasteiger partial charge is 0.125 e. The molecule has 0 radical (unpaired) electrons. The highest BCUT2D eigenvalue weighted by molar-refractivity contribution is 5.42. The molecule has 0 aromatic heterocycles. The summed E-state index contributed by atoms with van der Waals surface area (Å²) in [6.07, 6.45) is 3.90. The Bertz CT molecular complexity index is 458. The highest BCUT2D eigenvalue weighted by Gasteiger charge is 2.42. The molecule has 19 heavy (non-hydrogen) atoms. The van der Waals surface area contributed by atoms with Crippen molar-refractivity contribution in [3.63, 3.8) is 0 Å². The molecule has 1 heterocycles. The fourth-order valence-electron chi connectivity index (χ4n) is 3.37. The van der Waals surface area contributed by atoms with Gasteiger partial charge in [-0.05, 0) is 45.6 Å². The van der Waals surface area contributed by atoms with Gasteiger partial charge >= 0.3 is 0 Å². The van der Waals surface area contributed by atoms with E-state index in [2.05, 4.69) is 31.3 Å². The first-order valence-electron chi connectivity index (χ1n) is 7.28. The topological polar surface area (TPSA) is 41.5 Å². The number of aliphatic hydroxyl groups excluding tert-OH is 1. The number of para-hydroxylation sites is 1. The zero-order valence-electron chi connectivity index (χ0n) is 11.7. The number of fused-ring (bicyclic) bond motifs is 1. The molecule has 2 N–H and O–H groups in total. The number of aliphatic hydroxyl groups is 1. The van der Waals surface area contributed by atoms with Gasteiger partial charge in [-0.3, -0.25) is 0 Å². The van der Waals surface area contributed by atoms with Gasteiger partial charge in [0.05, 0.1) is 12.1 Å². The Morgan fingerprint density at radius 3 is 2.84 bits per heavy atom. The largest absolute Gasteiger partial charge is 0.486 e. The predicted molar refractivity (Wildman–Crippen MR) is 75.3 cm³/mol. The number of ether oxygens (including phenoxy) is 1. The summed E-state index contributed by atoms with van der Waals surface area (Å²) in [5, 5.41) is 13.5. The van der Waals surface area contributed by atoms with Gasteiger partial charge in [0.2, 0.25) is 0 Å². The fourth-order valence-corrected chi connectivity index (χ4v) is 3.37. The van der Waals surface area contributed by atoms with E-state index in [1.807, 2.05) is 12.1 Å². The molecule has 1 aromatic carbocycles. The number of benzene rings is 1. The van der Waals surface area contributed by atoms with E-state index in [0.717, 1.165) is 31.4 Å². The van der Waals surface area contributed by atoms with Gasteiger partial charge in [0, 0.05) is 11.6 Å². The van der Waals surface area contributed by atoms with Gasteiger partial charge in [0.25, 0.3) is 0 Å². The van der Waals surface area contributed by atoms with Crippen LogP contribution in [-0.2, 0) is 0 Å². The fraction of sp³-hybridized carbons (Fsp3) is 0.625. The van der Waals surface area contributed by atoms with E-state index in [-0.39, 0.29) is 17.7 Å². The summed E-state index contributed by atoms with van der Waals surface area (Å²) in [6.45, 7) is 4.26. The zero-order chi connectivity index (χ0) is 13.5. The summed E-state index contributed by atoms with van der Waals surface area (Å²) in [7, 11) is 0. The van der Waals surface area contributed by atoms with Gasteiger partial charge in [0.1, 0.15) is 11.4 Å². The SMILES string of the molecule is CC1(C)Oc2ccccc2C1NC1CCCC(O)C1. The Balaban J connectivity index is 1.79. The summed E-state index contributed by atoms with van der Waals surface area (Å²) < 4.78 is 6.05. The van der Waals surface area contributed by atoms with Crippen LogP contribution in [0.15, 0.2) is 24.3 Å². The van der Waals surface area contributed by atoms with E-state index in [0.29, 0.717) is 6.04 Å². The van der Waals surface area contributed by atoms with E-state index in [1.54, 1.807) is 0 Å². The van der Waals surface area contributed by atoms with Crippen LogP contribution in [0.3, 0.4) is 0 Å². The van der Waals surface area contributed by atoms with Crippen LogP contribution in [0.5, 0.6) is 5.75 Å². The summed E-state index contributed by atoms with van der Waals surface area (Å²) in [5.74, 6) is 0.987. The number of rotatable bonds is 2. The van der Waals surface area contributed by atoms with Crippen molar-refractivity contribution in [1.29, 1.82) is 0 Å². The molecule has 0 bridgehead atoms. The summed E-state index contributed by atoms with van der Waals surface area (Å²) in [4.78, 5) is 0. The van der Waals surface area contributed by atoms with Gasteiger partial charge in [-0.1, -0.05) is 18.2 Å². The van der Waals surface area contributed by atoms with Crippen molar-refractivity contribution in [2.75, 3.05) is 0 Å². The molecule has 0 saturated heterocycles. The Morgan fingerprint density at radius 2 is 2.05 bits per heavy atom. The average molecular weight is 261 g/mol. The first-order valence-corrected chi connectivity index (χ1v) is 7.28. The van der Waals surface area contributed by atoms with Crippen LogP contribution in [0, 0.1) is 0 Å². The number of hydrogen-bond donors (Lipinski definition) is 2. The lowest BCUT2D eigenvalue weighted by Crippen LogP contribution is -2.45. The Morgan fingerprint density at radius 1 is 1.26 bits per heavy atom. The molecule has 3 unspecified atom stereocenters. The highest BCUT2D eigenvalue weighted by Crippen LogP contribution is 2.43. The normalized spacial score (nSPS) is 32.7. The molecule has 1 aliphatic heterocycles. The predicted octanol–water partition coefficient (Wildman–Crippen LogP) is 2.79. The molecule has 2 aliphatic rings. The summed E-state index contributed by atoms with van der Waals surface area (Å²) >= 11 is 0. The van der Waals surface area contributed by atoms with Crippen LogP contribution >= 0.6 is 0 Å². The van der Waals surface area contributed by atoms with Crippen LogP contribution in [0.2, 0.25) is 0 Å². The molecule has 3 heteroatoms. The molecule has 1 aromatic rings. The van der Waals surface area contributed by atoms with E-state index in [9.17, 15) is 5.11 Å². The second-order valence-electron chi connectivity index (χ2n) is 6.36. The van der Waals surface area contributed by atoms with Gasteiger partial charge in [0.15, 0.2) is 0 Å². The van der Waals surface area contributed by atoms with Crippen molar-refractivity contribution in [2.24, 2.45) is 0 Å². The first kappa shape index (κ1) is 12.9. The lowest BCUT2D eigenvalue weighted by Gasteiger charge is -2.34. The number of hydrogen-bond acceptors (Lipinski definition) is 3. The van der Waals surface area contributed by atoms with Crippen molar-refractivity contribution in [3.8, 4) is 5.75 Å². The second kappa shape index (κ2) is 4.80. The quantitative estimate of drug-likeness (QED) is 0.860. The molecule has 1 saturated carbocycles. The van der Waals surface area contributed by atoms with Crippen molar-refractivity contribution in [3.05, 3.63) is 29.8 Å². The molecule has 1 fully saturated rings. The highest BCUT2D eigenvalue weighted by atomic mass is 16.5. The standard InChI is InChI=1S/C16H23NO2/c1-16(2)15(13-8-3-4-9-14(13)19-16)17-11-6-5-7-12(18)10-11/h3-4,8-9,11-12,15,17-18H,5-7,10H2,1-2H3. The Labute approximate surface area is 115 Å². The molecule has 0 spiro atoms. The van der Waals surface area contributed by atoms with Crippen molar-refractivity contribution in [1.82, 2.24) is 5.32 Å². The maximum absolute atomic E-state index is 9.81. The zero-order valence-corrected chi connectivity index (χ0v) is 11.7. The van der Waals surface area contributed by atoms with Gasteiger partial charge < -0.3 is 15.2 Å². The average Bonchev–Trinajstić information content (AvgIpc) is 2.61. The first-order chi connectivity index (χ1) is 9.06. The summed E-state index contributed by atoms with van der Waals surface area (Å²) in [6, 6.07) is 8.85. The Hall–Kier alpha value is -1.06. The molecule has 104 valence electrons. The maximum atomic E-state index is 9.81. The van der Waals surface area contributed by atoms with E-state index < -0.39 is 0 Å². The lowest BCUT2D eigenvalue weighted by molar-refractivity contribution is 0.0693. The van der Waals surface area contributed by atoms with Crippen molar-refractivity contribution < 1.29 is 9.84 Å². The van der Waals surface area contributed by atoms with E-state index >= 15 is 0 Å². The van der Waals surface area contributed by atoms with Crippen LogP contribution in [-0.4, -0.2) is 22.9 Å². The van der Waals surface area contributed by atoms with Crippen LogP contribution in [0.1, 0.15) is 51.1 Å². The number of nitrogens with one attached hydrogen (secondary N) is 1. The maximum Gasteiger partial charge on any atom is 0.125 e. The molecular formula is C16H23NO2. The van der Waals surface area contributed by atoms with Crippen molar-refractivity contribution in [2.45, 2.75) is 63.3 Å². The van der Waals surface area contributed by atoms with Gasteiger partial charge in [-0.25, -0.2) is 0 Å². The molecule has 3 nitrogen and oxygen atoms in total. The van der Waals surface area contributed by atoms with Crippen LogP contribution in [0.25, 0.3) is 0 Å². The molecule has 0 amide bonds. The van der Waals surface area contributed by atoms with Crippen LogP contribution < -0.4 is 10.1 Å². The van der Waals surface area contributed by atoms with Gasteiger partial charge in [-0.2, -0.15) is 0 Å². The third kappa shape index (κ3) is 2.49. The van der Waals surface area contributed by atoms with Crippen LogP contribution in [0.4, 0.5) is 0 Å².